The van der Waals surface area contributed by atoms with Gasteiger partial charge in [0.2, 0.25) is 6.10 Å². The van der Waals surface area contributed by atoms with E-state index in [0.717, 1.165) is 11.8 Å². The third-order valence-electron chi connectivity index (χ3n) is 3.16. The van der Waals surface area contributed by atoms with Crippen molar-refractivity contribution in [3.05, 3.63) is 28.7 Å². The minimum atomic E-state index is -0.898. The quantitative estimate of drug-likeness (QED) is 0.644. The van der Waals surface area contributed by atoms with Crippen LogP contribution in [0.15, 0.2) is 28.1 Å². The maximum Gasteiger partial charge on any atom is 0.353 e. The van der Waals surface area contributed by atoms with E-state index < -0.39 is 28.8 Å². The summed E-state index contributed by atoms with van der Waals surface area (Å²) in [6.07, 6.45) is 2.08. The van der Waals surface area contributed by atoms with Gasteiger partial charge in [-0.1, -0.05) is 6.07 Å². The van der Waals surface area contributed by atoms with Crippen molar-refractivity contribution >= 4 is 46.9 Å². The summed E-state index contributed by atoms with van der Waals surface area (Å²) in [7, 11) is 0. The molecule has 0 saturated carbocycles. The minimum absolute atomic E-state index is 0.317. The predicted molar refractivity (Wildman–Crippen MR) is 94.0 cm³/mol. The van der Waals surface area contributed by atoms with E-state index in [1.165, 1.54) is 6.21 Å². The number of carbonyl (C=O) groups excluding carboxylic acids is 3. The lowest BCUT2D eigenvalue weighted by atomic mass is 10.1. The summed E-state index contributed by atoms with van der Waals surface area (Å²) >= 11 is 0.846. The van der Waals surface area contributed by atoms with E-state index >= 15 is 0 Å². The zero-order valence-electron chi connectivity index (χ0n) is 13.9. The number of rotatable bonds is 2. The maximum atomic E-state index is 12.1. The summed E-state index contributed by atoms with van der Waals surface area (Å²) in [5.41, 5.74) is 0.619. The molecule has 1 saturated heterocycles. The number of imide groups is 1. The Morgan fingerprint density at radius 3 is 2.76 bits per heavy atom. The Morgan fingerprint density at radius 2 is 2.12 bits per heavy atom. The Labute approximate surface area is 148 Å². The number of benzene rings is 1. The lowest BCUT2D eigenvalue weighted by molar-refractivity contribution is -0.159. The molecule has 2 aliphatic rings. The van der Waals surface area contributed by atoms with Gasteiger partial charge in [-0.3, -0.25) is 19.9 Å². The molecule has 1 fully saturated rings. The van der Waals surface area contributed by atoms with Crippen molar-refractivity contribution in [1.29, 1.82) is 0 Å². The normalized spacial score (nSPS) is 20.9. The number of carbonyl (C=O) groups is 3. The summed E-state index contributed by atoms with van der Waals surface area (Å²) in [6, 6.07) is 5.09. The Balaban J connectivity index is 1.77. The topological polar surface area (TPSA) is 94.1 Å². The second-order valence-corrected chi connectivity index (χ2v) is 7.44. The first-order chi connectivity index (χ1) is 11.7. The van der Waals surface area contributed by atoms with Crippen LogP contribution in [-0.4, -0.2) is 35.0 Å². The Hall–Kier alpha value is -2.61. The third kappa shape index (κ3) is 4.08. The van der Waals surface area contributed by atoms with Gasteiger partial charge in [-0.15, -0.1) is 0 Å². The summed E-state index contributed by atoms with van der Waals surface area (Å²) in [5, 5.41) is 1.80. The van der Waals surface area contributed by atoms with Crippen LogP contribution in [0.5, 0.6) is 5.75 Å². The van der Waals surface area contributed by atoms with E-state index in [9.17, 15) is 14.4 Å². The van der Waals surface area contributed by atoms with Crippen molar-refractivity contribution in [1.82, 2.24) is 5.32 Å². The molecular weight excluding hydrogens is 344 g/mol. The third-order valence-corrected chi connectivity index (χ3v) is 3.98. The van der Waals surface area contributed by atoms with Gasteiger partial charge in [0.05, 0.1) is 11.1 Å². The fourth-order valence-corrected chi connectivity index (χ4v) is 2.86. The molecule has 0 bridgehead atoms. The number of hydrogen-bond donors (Lipinski definition) is 1. The number of hydrogen-bond acceptors (Lipinski definition) is 7. The molecule has 25 heavy (non-hydrogen) atoms. The molecule has 2 amide bonds. The maximum absolute atomic E-state index is 12.1. The van der Waals surface area contributed by atoms with Crippen LogP contribution in [0.2, 0.25) is 0 Å². The molecule has 0 spiro atoms. The lowest BCUT2D eigenvalue weighted by Gasteiger charge is -2.24. The van der Waals surface area contributed by atoms with Crippen molar-refractivity contribution in [3.8, 4) is 5.75 Å². The molecule has 1 N–H and O–H groups in total. The number of thioether (sulfide) groups is 1. The highest BCUT2D eigenvalue weighted by Gasteiger charge is 2.29. The first-order valence-electron chi connectivity index (χ1n) is 7.54. The number of fused-ring (bicyclic) bond motifs is 1. The van der Waals surface area contributed by atoms with Crippen LogP contribution in [-0.2, 0) is 14.3 Å². The van der Waals surface area contributed by atoms with Crippen LogP contribution in [0.3, 0.4) is 0 Å². The number of aliphatic imine (C=N–C) groups is 1. The van der Waals surface area contributed by atoms with Crippen LogP contribution in [0.4, 0.5) is 10.5 Å². The fraction of sp³-hybridized carbons (Fsp3) is 0.294. The lowest BCUT2D eigenvalue weighted by Crippen LogP contribution is -2.37. The number of esters is 1. The summed E-state index contributed by atoms with van der Waals surface area (Å²) < 4.78 is 10.9. The van der Waals surface area contributed by atoms with Gasteiger partial charge in [0.25, 0.3) is 11.1 Å². The number of nitrogens with zero attached hydrogens (tertiary/aromatic N) is 1. The standard InChI is InChI=1S/C17H16N2O5S/c1-17(2,3)24-15(21)12-8-18-10-6-9(4-5-11(10)23-12)7-13-14(20)19-16(22)25-13/h4-8,12H,1-3H3,(H,19,20,22). The summed E-state index contributed by atoms with van der Waals surface area (Å²) in [6.45, 7) is 5.33. The Bertz CT molecular complexity index is 823. The minimum Gasteiger partial charge on any atom is -0.471 e. The van der Waals surface area contributed by atoms with Crippen molar-refractivity contribution in [2.24, 2.45) is 4.99 Å². The van der Waals surface area contributed by atoms with Gasteiger partial charge in [-0.2, -0.15) is 0 Å². The van der Waals surface area contributed by atoms with Gasteiger partial charge in [0.15, 0.2) is 0 Å². The van der Waals surface area contributed by atoms with Crippen molar-refractivity contribution in [2.45, 2.75) is 32.5 Å². The first-order valence-corrected chi connectivity index (χ1v) is 8.35. The molecule has 8 heteroatoms. The highest BCUT2D eigenvalue weighted by molar-refractivity contribution is 8.18. The molecule has 130 valence electrons. The highest BCUT2D eigenvalue weighted by atomic mass is 32.2. The van der Waals surface area contributed by atoms with Gasteiger partial charge < -0.3 is 9.47 Å². The van der Waals surface area contributed by atoms with Gasteiger partial charge in [0.1, 0.15) is 17.0 Å². The van der Waals surface area contributed by atoms with Gasteiger partial charge in [-0.25, -0.2) is 4.79 Å². The smallest absolute Gasteiger partial charge is 0.353 e. The first kappa shape index (κ1) is 17.2. The van der Waals surface area contributed by atoms with E-state index in [-0.39, 0.29) is 0 Å². The highest BCUT2D eigenvalue weighted by Crippen LogP contribution is 2.34. The van der Waals surface area contributed by atoms with E-state index in [1.807, 2.05) is 0 Å². The fourth-order valence-electron chi connectivity index (χ4n) is 2.18. The molecule has 1 unspecified atom stereocenters. The van der Waals surface area contributed by atoms with Gasteiger partial charge in [0, 0.05) is 0 Å². The van der Waals surface area contributed by atoms with Crippen molar-refractivity contribution in [2.75, 3.05) is 0 Å². The number of amides is 2. The SMILES string of the molecule is CC(C)(C)OC(=O)C1C=Nc2cc(C=C3SC(=O)NC3=O)ccc2O1. The van der Waals surface area contributed by atoms with E-state index in [0.29, 0.717) is 21.9 Å². The van der Waals surface area contributed by atoms with Crippen LogP contribution in [0, 0.1) is 0 Å². The average Bonchev–Trinajstić information content (AvgIpc) is 2.82. The van der Waals surface area contributed by atoms with Crippen LogP contribution < -0.4 is 10.1 Å². The van der Waals surface area contributed by atoms with E-state index in [4.69, 9.17) is 9.47 Å². The molecule has 1 aromatic carbocycles. The number of ether oxygens (including phenoxy) is 2. The molecule has 2 aliphatic heterocycles. The molecule has 1 aromatic rings. The van der Waals surface area contributed by atoms with Crippen LogP contribution >= 0.6 is 11.8 Å². The monoisotopic (exact) mass is 360 g/mol. The Morgan fingerprint density at radius 1 is 1.36 bits per heavy atom. The molecule has 0 aromatic heterocycles. The van der Waals surface area contributed by atoms with E-state index in [1.54, 1.807) is 45.0 Å². The second kappa shape index (κ2) is 6.36. The van der Waals surface area contributed by atoms with Gasteiger partial charge in [-0.05, 0) is 56.3 Å². The summed E-state index contributed by atoms with van der Waals surface area (Å²) in [5.74, 6) is -0.483. The molecule has 0 radical (unpaired) electrons. The van der Waals surface area contributed by atoms with Crippen LogP contribution in [0.25, 0.3) is 6.08 Å². The predicted octanol–water partition coefficient (Wildman–Crippen LogP) is 2.82. The van der Waals surface area contributed by atoms with Crippen LogP contribution in [0.1, 0.15) is 26.3 Å². The van der Waals surface area contributed by atoms with Crippen molar-refractivity contribution < 1.29 is 23.9 Å². The van der Waals surface area contributed by atoms with E-state index in [2.05, 4.69) is 10.3 Å². The average molecular weight is 360 g/mol. The second-order valence-electron chi connectivity index (χ2n) is 6.43. The zero-order valence-corrected chi connectivity index (χ0v) is 14.7. The molecule has 1 atom stereocenters. The molecule has 7 nitrogen and oxygen atoms in total. The largest absolute Gasteiger partial charge is 0.471 e. The van der Waals surface area contributed by atoms with Gasteiger partial charge >= 0.3 is 5.97 Å². The van der Waals surface area contributed by atoms with Crippen molar-refractivity contribution in [3.63, 3.8) is 0 Å². The summed E-state index contributed by atoms with van der Waals surface area (Å²) in [4.78, 5) is 39.4. The zero-order chi connectivity index (χ0) is 18.2. The Kier molecular flexibility index (Phi) is 4.38. The molecule has 0 aliphatic carbocycles. The number of nitrogens with one attached hydrogen (secondary N) is 1. The molecule has 3 rings (SSSR count). The molecule has 2 heterocycles. The molecular formula is C17H16N2O5S.